The molecule has 2 nitrogen and oxygen atoms in total. The van der Waals surface area contributed by atoms with Crippen molar-refractivity contribution in [1.29, 1.82) is 0 Å². The Kier molecular flexibility index (Phi) is 5.69. The number of thioether (sulfide) groups is 1. The highest BCUT2D eigenvalue weighted by Crippen LogP contribution is 2.21. The lowest BCUT2D eigenvalue weighted by atomic mass is 10.2. The molecule has 1 unspecified atom stereocenters. The van der Waals surface area contributed by atoms with Crippen molar-refractivity contribution in [3.05, 3.63) is 66.2 Å². The normalized spacial score (nSPS) is 11.8. The smallest absolute Gasteiger partial charge is 0.237 e. The first kappa shape index (κ1) is 14.7. The Morgan fingerprint density at radius 1 is 1.05 bits per heavy atom. The van der Waals surface area contributed by atoms with Gasteiger partial charge in [0, 0.05) is 11.4 Å². The first-order valence-electron chi connectivity index (χ1n) is 6.81. The van der Waals surface area contributed by atoms with Crippen molar-refractivity contribution in [2.45, 2.75) is 24.3 Å². The summed E-state index contributed by atoms with van der Waals surface area (Å²) in [4.78, 5) is 12.2. The van der Waals surface area contributed by atoms with Gasteiger partial charge in [-0.2, -0.15) is 0 Å². The molecule has 0 spiro atoms. The van der Waals surface area contributed by atoms with E-state index in [0.29, 0.717) is 0 Å². The minimum absolute atomic E-state index is 0.0181. The van der Waals surface area contributed by atoms with Gasteiger partial charge in [0.15, 0.2) is 0 Å². The van der Waals surface area contributed by atoms with Crippen LogP contribution in [0, 0.1) is 0 Å². The molecule has 0 bridgehead atoms. The number of para-hydroxylation sites is 1. The van der Waals surface area contributed by atoms with Crippen LogP contribution in [-0.4, -0.2) is 11.2 Å². The molecule has 2 rings (SSSR count). The van der Waals surface area contributed by atoms with Gasteiger partial charge in [-0.25, -0.2) is 0 Å². The Balaban J connectivity index is 1.89. The number of carbonyl (C=O) groups is 1. The van der Waals surface area contributed by atoms with Gasteiger partial charge in [0.2, 0.25) is 5.91 Å². The molecule has 2 aromatic rings. The number of anilines is 1. The van der Waals surface area contributed by atoms with Crippen LogP contribution in [0.3, 0.4) is 0 Å². The second-order valence-electron chi connectivity index (χ2n) is 4.55. The molecule has 2 aromatic carbocycles. The lowest BCUT2D eigenvalue weighted by molar-refractivity contribution is -0.115. The van der Waals surface area contributed by atoms with Crippen molar-refractivity contribution in [2.75, 3.05) is 5.32 Å². The fraction of sp³-hybridized carbons (Fsp3) is 0.235. The highest BCUT2D eigenvalue weighted by atomic mass is 32.2. The lowest BCUT2D eigenvalue weighted by Gasteiger charge is -2.14. The van der Waals surface area contributed by atoms with E-state index >= 15 is 0 Å². The molecular weight excluding hydrogens is 266 g/mol. The third kappa shape index (κ3) is 4.42. The first-order valence-corrected chi connectivity index (χ1v) is 7.86. The SMILES string of the molecule is CCC(SCc1ccccc1)C(=O)Nc1ccccc1. The van der Waals surface area contributed by atoms with Gasteiger partial charge in [-0.3, -0.25) is 4.79 Å². The molecule has 0 saturated heterocycles. The molecule has 0 aliphatic rings. The molecule has 0 fully saturated rings. The highest BCUT2D eigenvalue weighted by molar-refractivity contribution is 7.99. The largest absolute Gasteiger partial charge is 0.325 e. The number of carbonyl (C=O) groups excluding carboxylic acids is 1. The number of rotatable bonds is 6. The van der Waals surface area contributed by atoms with Crippen molar-refractivity contribution in [2.24, 2.45) is 0 Å². The average molecular weight is 285 g/mol. The summed E-state index contributed by atoms with van der Waals surface area (Å²) in [5.74, 6) is 0.946. The molecule has 20 heavy (non-hydrogen) atoms. The van der Waals surface area contributed by atoms with Gasteiger partial charge >= 0.3 is 0 Å². The molecule has 104 valence electrons. The number of benzene rings is 2. The molecule has 1 atom stereocenters. The van der Waals surface area contributed by atoms with Crippen LogP contribution >= 0.6 is 11.8 Å². The summed E-state index contributed by atoms with van der Waals surface area (Å²) >= 11 is 1.69. The van der Waals surface area contributed by atoms with E-state index in [4.69, 9.17) is 0 Å². The number of nitrogens with one attached hydrogen (secondary N) is 1. The van der Waals surface area contributed by atoms with Crippen molar-refractivity contribution in [1.82, 2.24) is 0 Å². The van der Waals surface area contributed by atoms with Crippen LogP contribution in [-0.2, 0) is 10.5 Å². The second kappa shape index (κ2) is 7.75. The molecule has 1 amide bonds. The van der Waals surface area contributed by atoms with E-state index < -0.39 is 0 Å². The summed E-state index contributed by atoms with van der Waals surface area (Å²) in [5, 5.41) is 2.95. The second-order valence-corrected chi connectivity index (χ2v) is 5.74. The summed E-state index contributed by atoms with van der Waals surface area (Å²) in [7, 11) is 0. The van der Waals surface area contributed by atoms with Crippen LogP contribution in [0.4, 0.5) is 5.69 Å². The predicted octanol–water partition coefficient (Wildman–Crippen LogP) is 4.34. The van der Waals surface area contributed by atoms with Gasteiger partial charge < -0.3 is 5.32 Å². The third-order valence-corrected chi connectivity index (χ3v) is 4.45. The van der Waals surface area contributed by atoms with Gasteiger partial charge in [-0.15, -0.1) is 11.8 Å². The molecule has 0 saturated carbocycles. The van der Waals surface area contributed by atoms with E-state index in [-0.39, 0.29) is 11.2 Å². The Hall–Kier alpha value is -1.74. The molecule has 0 radical (unpaired) electrons. The molecule has 0 aliphatic heterocycles. The van der Waals surface area contributed by atoms with E-state index in [1.54, 1.807) is 11.8 Å². The van der Waals surface area contributed by atoms with Crippen LogP contribution in [0.1, 0.15) is 18.9 Å². The number of hydrogen-bond donors (Lipinski definition) is 1. The Labute approximate surface area is 124 Å². The minimum atomic E-state index is -0.0181. The molecule has 0 aromatic heterocycles. The Morgan fingerprint density at radius 2 is 1.65 bits per heavy atom. The van der Waals surface area contributed by atoms with Crippen LogP contribution in [0.25, 0.3) is 0 Å². The molecule has 1 N–H and O–H groups in total. The molecular formula is C17H19NOS. The highest BCUT2D eigenvalue weighted by Gasteiger charge is 2.16. The zero-order valence-electron chi connectivity index (χ0n) is 11.6. The van der Waals surface area contributed by atoms with Crippen LogP contribution in [0.5, 0.6) is 0 Å². The fourth-order valence-corrected chi connectivity index (χ4v) is 2.93. The van der Waals surface area contributed by atoms with E-state index in [0.717, 1.165) is 17.9 Å². The lowest BCUT2D eigenvalue weighted by Crippen LogP contribution is -2.24. The maximum atomic E-state index is 12.2. The van der Waals surface area contributed by atoms with Crippen molar-refractivity contribution in [3.63, 3.8) is 0 Å². The van der Waals surface area contributed by atoms with E-state index in [1.165, 1.54) is 5.56 Å². The predicted molar refractivity (Wildman–Crippen MR) is 86.9 cm³/mol. The third-order valence-electron chi connectivity index (χ3n) is 3.00. The zero-order valence-corrected chi connectivity index (χ0v) is 12.4. The standard InChI is InChI=1S/C17H19NOS/c1-2-16(20-13-14-9-5-3-6-10-14)17(19)18-15-11-7-4-8-12-15/h3-12,16H,2,13H2,1H3,(H,18,19). The van der Waals surface area contributed by atoms with Crippen LogP contribution in [0.2, 0.25) is 0 Å². The van der Waals surface area contributed by atoms with E-state index in [9.17, 15) is 4.79 Å². The fourth-order valence-electron chi connectivity index (χ4n) is 1.89. The maximum absolute atomic E-state index is 12.2. The summed E-state index contributed by atoms with van der Waals surface area (Å²) in [6, 6.07) is 19.9. The average Bonchev–Trinajstić information content (AvgIpc) is 2.50. The van der Waals surface area contributed by atoms with E-state index in [2.05, 4.69) is 17.4 Å². The minimum Gasteiger partial charge on any atom is -0.325 e. The summed E-state index contributed by atoms with van der Waals surface area (Å²) in [6.45, 7) is 2.05. The summed E-state index contributed by atoms with van der Waals surface area (Å²) in [5.41, 5.74) is 2.11. The monoisotopic (exact) mass is 285 g/mol. The molecule has 3 heteroatoms. The van der Waals surface area contributed by atoms with Crippen LogP contribution < -0.4 is 5.32 Å². The van der Waals surface area contributed by atoms with Gasteiger partial charge in [0.25, 0.3) is 0 Å². The summed E-state index contributed by atoms with van der Waals surface area (Å²) in [6.07, 6.45) is 0.830. The quantitative estimate of drug-likeness (QED) is 0.855. The molecule has 0 aliphatic carbocycles. The zero-order chi connectivity index (χ0) is 14.2. The summed E-state index contributed by atoms with van der Waals surface area (Å²) < 4.78 is 0. The van der Waals surface area contributed by atoms with Crippen molar-refractivity contribution >= 4 is 23.4 Å². The Morgan fingerprint density at radius 3 is 2.25 bits per heavy atom. The number of amides is 1. The van der Waals surface area contributed by atoms with Gasteiger partial charge in [0.05, 0.1) is 5.25 Å². The van der Waals surface area contributed by atoms with E-state index in [1.807, 2.05) is 55.5 Å². The van der Waals surface area contributed by atoms with Crippen molar-refractivity contribution < 1.29 is 4.79 Å². The maximum Gasteiger partial charge on any atom is 0.237 e. The Bertz CT molecular complexity index is 527. The van der Waals surface area contributed by atoms with Crippen molar-refractivity contribution in [3.8, 4) is 0 Å². The topological polar surface area (TPSA) is 29.1 Å². The van der Waals surface area contributed by atoms with Gasteiger partial charge in [-0.05, 0) is 24.1 Å². The van der Waals surface area contributed by atoms with Gasteiger partial charge in [0.1, 0.15) is 0 Å². The number of hydrogen-bond acceptors (Lipinski definition) is 2. The van der Waals surface area contributed by atoms with Crippen LogP contribution in [0.15, 0.2) is 60.7 Å². The molecule has 0 heterocycles. The first-order chi connectivity index (χ1) is 9.79. The van der Waals surface area contributed by atoms with Gasteiger partial charge in [-0.1, -0.05) is 55.5 Å².